The molecule has 0 fully saturated rings. The molecule has 60 valence electrons. The second-order valence-electron chi connectivity index (χ2n) is 3.40. The minimum atomic E-state index is -0.0666. The molecule has 0 radical (unpaired) electrons. The van der Waals surface area contributed by atoms with E-state index in [9.17, 15) is 4.79 Å². The summed E-state index contributed by atoms with van der Waals surface area (Å²) in [5, 5.41) is 0. The molecule has 2 heteroatoms. The first-order valence-corrected chi connectivity index (χ1v) is 3.79. The number of unbranched alkanes of at least 4 members (excludes halogenated alkanes) is 2. The Morgan fingerprint density at radius 3 is 2.40 bits per heavy atom. The van der Waals surface area contributed by atoms with E-state index >= 15 is 0 Å². The smallest absolute Gasteiger partial charge is 0.119 e. The SMILES string of the molecule is CC(C)(N)CCCCC=O. The van der Waals surface area contributed by atoms with Crippen molar-refractivity contribution >= 4 is 6.29 Å². The molecule has 0 bridgehead atoms. The van der Waals surface area contributed by atoms with Gasteiger partial charge in [0, 0.05) is 12.0 Å². The van der Waals surface area contributed by atoms with Gasteiger partial charge in [0.1, 0.15) is 6.29 Å². The van der Waals surface area contributed by atoms with Gasteiger partial charge in [0.25, 0.3) is 0 Å². The van der Waals surface area contributed by atoms with Crippen molar-refractivity contribution in [2.75, 3.05) is 0 Å². The molecule has 0 spiro atoms. The minimum Gasteiger partial charge on any atom is -0.326 e. The number of carbonyl (C=O) groups is 1. The van der Waals surface area contributed by atoms with Gasteiger partial charge in [0.2, 0.25) is 0 Å². The Morgan fingerprint density at radius 2 is 2.00 bits per heavy atom. The highest BCUT2D eigenvalue weighted by molar-refractivity contribution is 5.48. The zero-order chi connectivity index (χ0) is 8.04. The molecule has 0 aromatic carbocycles. The first-order chi connectivity index (χ1) is 4.56. The number of hydrogen-bond acceptors (Lipinski definition) is 2. The number of hydrogen-bond donors (Lipinski definition) is 1. The van der Waals surface area contributed by atoms with E-state index in [0.717, 1.165) is 25.5 Å². The lowest BCUT2D eigenvalue weighted by Gasteiger charge is -2.17. The van der Waals surface area contributed by atoms with E-state index in [4.69, 9.17) is 5.73 Å². The van der Waals surface area contributed by atoms with Gasteiger partial charge in [0.05, 0.1) is 0 Å². The van der Waals surface area contributed by atoms with Gasteiger partial charge in [-0.1, -0.05) is 6.42 Å². The third-order valence-corrected chi connectivity index (χ3v) is 1.39. The fourth-order valence-electron chi connectivity index (χ4n) is 0.808. The molecule has 2 nitrogen and oxygen atoms in total. The predicted octanol–water partition coefficient (Wildman–Crippen LogP) is 1.48. The Labute approximate surface area is 62.8 Å². The standard InChI is InChI=1S/C8H17NO/c1-8(2,9)6-4-3-5-7-10/h7H,3-6,9H2,1-2H3. The number of aldehydes is 1. The number of nitrogens with two attached hydrogens (primary N) is 1. The summed E-state index contributed by atoms with van der Waals surface area (Å²) in [5.74, 6) is 0. The zero-order valence-electron chi connectivity index (χ0n) is 6.89. The van der Waals surface area contributed by atoms with Crippen LogP contribution < -0.4 is 5.73 Å². The van der Waals surface area contributed by atoms with E-state index in [-0.39, 0.29) is 5.54 Å². The number of carbonyl (C=O) groups excluding carboxylic acids is 1. The van der Waals surface area contributed by atoms with Crippen LogP contribution in [0.5, 0.6) is 0 Å². The summed E-state index contributed by atoms with van der Waals surface area (Å²) < 4.78 is 0. The normalized spacial score (nSPS) is 11.5. The minimum absolute atomic E-state index is 0.0666. The molecule has 10 heavy (non-hydrogen) atoms. The van der Waals surface area contributed by atoms with Gasteiger partial charge in [-0.3, -0.25) is 0 Å². The second-order valence-corrected chi connectivity index (χ2v) is 3.40. The Kier molecular flexibility index (Phi) is 4.28. The average molecular weight is 143 g/mol. The molecular formula is C8H17NO. The van der Waals surface area contributed by atoms with Gasteiger partial charge < -0.3 is 10.5 Å². The quantitative estimate of drug-likeness (QED) is 0.468. The molecule has 0 rings (SSSR count). The molecule has 0 aliphatic carbocycles. The van der Waals surface area contributed by atoms with Crippen molar-refractivity contribution in [2.24, 2.45) is 5.73 Å². The van der Waals surface area contributed by atoms with Crippen molar-refractivity contribution in [1.82, 2.24) is 0 Å². The molecule has 0 aliphatic heterocycles. The van der Waals surface area contributed by atoms with Crippen LogP contribution in [0.3, 0.4) is 0 Å². The van der Waals surface area contributed by atoms with Crippen molar-refractivity contribution in [2.45, 2.75) is 45.1 Å². The maximum absolute atomic E-state index is 9.90. The van der Waals surface area contributed by atoms with E-state index in [1.807, 2.05) is 13.8 Å². The van der Waals surface area contributed by atoms with Crippen molar-refractivity contribution in [3.8, 4) is 0 Å². The maximum Gasteiger partial charge on any atom is 0.119 e. The van der Waals surface area contributed by atoms with E-state index < -0.39 is 0 Å². The Morgan fingerprint density at radius 1 is 1.40 bits per heavy atom. The van der Waals surface area contributed by atoms with Crippen molar-refractivity contribution in [3.63, 3.8) is 0 Å². The van der Waals surface area contributed by atoms with Crippen LogP contribution in [0.25, 0.3) is 0 Å². The van der Waals surface area contributed by atoms with Crippen LogP contribution in [0.2, 0.25) is 0 Å². The largest absolute Gasteiger partial charge is 0.326 e. The third-order valence-electron chi connectivity index (χ3n) is 1.39. The van der Waals surface area contributed by atoms with Crippen LogP contribution in [0, 0.1) is 0 Å². The molecule has 0 saturated heterocycles. The van der Waals surface area contributed by atoms with E-state index in [1.165, 1.54) is 0 Å². The highest BCUT2D eigenvalue weighted by Gasteiger charge is 2.08. The lowest BCUT2D eigenvalue weighted by atomic mass is 9.98. The van der Waals surface area contributed by atoms with Gasteiger partial charge in [0.15, 0.2) is 0 Å². The molecule has 0 amide bonds. The highest BCUT2D eigenvalue weighted by atomic mass is 16.1. The summed E-state index contributed by atoms with van der Waals surface area (Å²) in [7, 11) is 0. The molecule has 0 aromatic rings. The third kappa shape index (κ3) is 7.63. The van der Waals surface area contributed by atoms with Crippen LogP contribution in [-0.4, -0.2) is 11.8 Å². The summed E-state index contributed by atoms with van der Waals surface area (Å²) in [6.45, 7) is 4.02. The lowest BCUT2D eigenvalue weighted by Crippen LogP contribution is -2.31. The van der Waals surface area contributed by atoms with Crippen LogP contribution >= 0.6 is 0 Å². The van der Waals surface area contributed by atoms with Crippen LogP contribution in [0.15, 0.2) is 0 Å². The summed E-state index contributed by atoms with van der Waals surface area (Å²) >= 11 is 0. The van der Waals surface area contributed by atoms with Crippen LogP contribution in [0.1, 0.15) is 39.5 Å². The molecule has 0 unspecified atom stereocenters. The lowest BCUT2D eigenvalue weighted by molar-refractivity contribution is -0.107. The first kappa shape index (κ1) is 9.63. The van der Waals surface area contributed by atoms with Crippen LogP contribution in [0.4, 0.5) is 0 Å². The van der Waals surface area contributed by atoms with Gasteiger partial charge in [-0.2, -0.15) is 0 Å². The Bertz CT molecular complexity index is 93.9. The summed E-state index contributed by atoms with van der Waals surface area (Å²) in [6.07, 6.45) is 4.67. The fraction of sp³-hybridized carbons (Fsp3) is 0.875. The van der Waals surface area contributed by atoms with Gasteiger partial charge in [-0.05, 0) is 26.7 Å². The monoisotopic (exact) mass is 143 g/mol. The van der Waals surface area contributed by atoms with Crippen molar-refractivity contribution < 1.29 is 4.79 Å². The first-order valence-electron chi connectivity index (χ1n) is 3.79. The average Bonchev–Trinajstić information content (AvgIpc) is 1.78. The van der Waals surface area contributed by atoms with Crippen molar-refractivity contribution in [3.05, 3.63) is 0 Å². The predicted molar refractivity (Wildman–Crippen MR) is 42.8 cm³/mol. The van der Waals surface area contributed by atoms with E-state index in [0.29, 0.717) is 6.42 Å². The summed E-state index contributed by atoms with van der Waals surface area (Å²) in [6, 6.07) is 0. The Balaban J connectivity index is 3.12. The van der Waals surface area contributed by atoms with E-state index in [2.05, 4.69) is 0 Å². The van der Waals surface area contributed by atoms with Gasteiger partial charge in [-0.15, -0.1) is 0 Å². The summed E-state index contributed by atoms with van der Waals surface area (Å²) in [5.41, 5.74) is 5.66. The second kappa shape index (κ2) is 4.45. The maximum atomic E-state index is 9.90. The van der Waals surface area contributed by atoms with Crippen molar-refractivity contribution in [1.29, 1.82) is 0 Å². The fourth-order valence-corrected chi connectivity index (χ4v) is 0.808. The number of rotatable bonds is 5. The van der Waals surface area contributed by atoms with Crippen LogP contribution in [-0.2, 0) is 4.79 Å². The molecule has 0 aliphatic rings. The molecule has 0 saturated carbocycles. The highest BCUT2D eigenvalue weighted by Crippen LogP contribution is 2.09. The van der Waals surface area contributed by atoms with Gasteiger partial charge in [-0.25, -0.2) is 0 Å². The Hall–Kier alpha value is -0.370. The summed E-state index contributed by atoms with van der Waals surface area (Å²) in [4.78, 5) is 9.90. The molecular weight excluding hydrogens is 126 g/mol. The molecule has 0 atom stereocenters. The zero-order valence-corrected chi connectivity index (χ0v) is 6.89. The van der Waals surface area contributed by atoms with Gasteiger partial charge >= 0.3 is 0 Å². The molecule has 0 aromatic heterocycles. The van der Waals surface area contributed by atoms with E-state index in [1.54, 1.807) is 0 Å². The molecule has 2 N–H and O–H groups in total. The topological polar surface area (TPSA) is 43.1 Å². The molecule has 0 heterocycles.